The van der Waals surface area contributed by atoms with Gasteiger partial charge in [0.25, 0.3) is 5.89 Å². The summed E-state index contributed by atoms with van der Waals surface area (Å²) in [6.07, 6.45) is -0.672. The van der Waals surface area contributed by atoms with Crippen molar-refractivity contribution < 1.29 is 33.5 Å². The number of carbonyl (C=O) groups is 4. The van der Waals surface area contributed by atoms with Crippen molar-refractivity contribution in [2.24, 2.45) is 5.92 Å². The van der Waals surface area contributed by atoms with E-state index < -0.39 is 42.1 Å². The van der Waals surface area contributed by atoms with Crippen molar-refractivity contribution in [3.63, 3.8) is 0 Å². The zero-order valence-electron chi connectivity index (χ0n) is 21.3. The molecule has 0 aliphatic heterocycles. The van der Waals surface area contributed by atoms with E-state index in [1.165, 1.54) is 7.11 Å². The monoisotopic (exact) mass is 503 g/mol. The number of likely N-dealkylation sites (N-methyl/N-ethyl adjacent to an activating group) is 1. The number of carbonyl (C=O) groups excluding carboxylic acids is 3. The molecule has 0 saturated carbocycles. The lowest BCUT2D eigenvalue weighted by Gasteiger charge is -2.25. The smallest absolute Gasteiger partial charge is 0.305 e. The van der Waals surface area contributed by atoms with E-state index in [9.17, 15) is 24.3 Å². The second kappa shape index (κ2) is 12.8. The second-order valence-corrected chi connectivity index (χ2v) is 9.00. The standard InChI is InChI=1S/C24H33N5O7/c1-13(2)22(23(34)26-17(11-21(32)33)18(30)12-29(4)5)27-20(31)10-16-9-15(7-8-19(16)35-6)24-25-14(3)28-36-24/h7-9,13,17,22H,10-12H2,1-6H3,(H,26,34)(H,27,31)(H,32,33)/t17?,22-/m0/s1. The van der Waals surface area contributed by atoms with Crippen molar-refractivity contribution >= 4 is 23.6 Å². The summed E-state index contributed by atoms with van der Waals surface area (Å²) in [5, 5.41) is 18.1. The van der Waals surface area contributed by atoms with E-state index in [0.29, 0.717) is 28.6 Å². The number of ketones is 1. The third-order valence-corrected chi connectivity index (χ3v) is 5.23. The van der Waals surface area contributed by atoms with Crippen molar-refractivity contribution in [2.45, 2.75) is 45.7 Å². The topological polar surface area (TPSA) is 164 Å². The first-order valence-corrected chi connectivity index (χ1v) is 11.4. The molecule has 2 atom stereocenters. The summed E-state index contributed by atoms with van der Waals surface area (Å²) in [7, 11) is 4.81. The summed E-state index contributed by atoms with van der Waals surface area (Å²) >= 11 is 0. The van der Waals surface area contributed by atoms with Gasteiger partial charge < -0.3 is 29.9 Å². The van der Waals surface area contributed by atoms with Crippen LogP contribution in [0.4, 0.5) is 0 Å². The summed E-state index contributed by atoms with van der Waals surface area (Å²) in [6, 6.07) is 2.89. The molecule has 1 heterocycles. The predicted octanol–water partition coefficient (Wildman–Crippen LogP) is 0.827. The number of aryl methyl sites for hydroxylation is 1. The summed E-state index contributed by atoms with van der Waals surface area (Å²) in [5.41, 5.74) is 1.14. The van der Waals surface area contributed by atoms with Crippen molar-refractivity contribution in [3.05, 3.63) is 29.6 Å². The van der Waals surface area contributed by atoms with Crippen LogP contribution in [-0.4, -0.2) is 83.5 Å². The van der Waals surface area contributed by atoms with Gasteiger partial charge in [-0.15, -0.1) is 0 Å². The first-order chi connectivity index (χ1) is 16.9. The molecule has 0 radical (unpaired) electrons. The number of carboxylic acids is 1. The number of amides is 2. The van der Waals surface area contributed by atoms with Crippen molar-refractivity contribution in [1.82, 2.24) is 25.7 Å². The average Bonchev–Trinajstić information content (AvgIpc) is 3.22. The van der Waals surface area contributed by atoms with Gasteiger partial charge in [0, 0.05) is 11.1 Å². The van der Waals surface area contributed by atoms with Gasteiger partial charge in [-0.05, 0) is 45.1 Å². The fourth-order valence-corrected chi connectivity index (χ4v) is 3.50. The van der Waals surface area contributed by atoms with Crippen LogP contribution in [0, 0.1) is 12.8 Å². The molecular weight excluding hydrogens is 470 g/mol. The number of rotatable bonds is 13. The highest BCUT2D eigenvalue weighted by Crippen LogP contribution is 2.26. The summed E-state index contributed by atoms with van der Waals surface area (Å²) < 4.78 is 10.6. The fraction of sp³-hybridized carbons (Fsp3) is 0.500. The number of nitrogens with zero attached hydrogens (tertiary/aromatic N) is 3. The Hall–Kier alpha value is -3.80. The Balaban J connectivity index is 2.17. The molecule has 2 aromatic rings. The largest absolute Gasteiger partial charge is 0.496 e. The Morgan fingerprint density at radius 1 is 1.17 bits per heavy atom. The number of carboxylic acid groups (broad SMARTS) is 1. The lowest BCUT2D eigenvalue weighted by Crippen LogP contribution is -2.55. The quantitative estimate of drug-likeness (QED) is 0.356. The maximum absolute atomic E-state index is 13.0. The second-order valence-electron chi connectivity index (χ2n) is 9.00. The molecule has 1 aromatic heterocycles. The Kier molecular flexibility index (Phi) is 10.1. The molecule has 12 nitrogen and oxygen atoms in total. The van der Waals surface area contributed by atoms with Crippen LogP contribution >= 0.6 is 0 Å². The lowest BCUT2D eigenvalue weighted by atomic mass is 10.0. The van der Waals surface area contributed by atoms with Gasteiger partial charge in [-0.3, -0.25) is 19.2 Å². The number of methoxy groups -OCH3 is 1. The van der Waals surface area contributed by atoms with Crippen LogP contribution < -0.4 is 15.4 Å². The fourth-order valence-electron chi connectivity index (χ4n) is 3.50. The molecule has 3 N–H and O–H groups in total. The molecule has 0 saturated heterocycles. The average molecular weight is 504 g/mol. The summed E-state index contributed by atoms with van der Waals surface area (Å²) in [5.74, 6) is -1.87. The van der Waals surface area contributed by atoms with Gasteiger partial charge in [-0.2, -0.15) is 4.98 Å². The molecule has 2 rings (SSSR count). The van der Waals surface area contributed by atoms with Crippen molar-refractivity contribution in [2.75, 3.05) is 27.7 Å². The van der Waals surface area contributed by atoms with Gasteiger partial charge in [0.15, 0.2) is 11.6 Å². The van der Waals surface area contributed by atoms with Crippen LogP contribution in [-0.2, 0) is 25.6 Å². The maximum atomic E-state index is 13.0. The molecule has 1 aromatic carbocycles. The third-order valence-electron chi connectivity index (χ3n) is 5.23. The number of hydrogen-bond donors (Lipinski definition) is 3. The van der Waals surface area contributed by atoms with E-state index in [1.54, 1.807) is 58.0 Å². The Bertz CT molecular complexity index is 1100. The zero-order chi connectivity index (χ0) is 27.0. The predicted molar refractivity (Wildman–Crippen MR) is 129 cm³/mol. The number of benzene rings is 1. The molecule has 1 unspecified atom stereocenters. The molecule has 196 valence electrons. The molecule has 0 fully saturated rings. The minimum atomic E-state index is -1.22. The van der Waals surface area contributed by atoms with Crippen LogP contribution in [0.3, 0.4) is 0 Å². The molecule has 0 bridgehead atoms. The van der Waals surface area contributed by atoms with Gasteiger partial charge in [0.1, 0.15) is 11.8 Å². The van der Waals surface area contributed by atoms with Crippen molar-refractivity contribution in [1.29, 1.82) is 0 Å². The molecular formula is C24H33N5O7. The molecule has 36 heavy (non-hydrogen) atoms. The van der Waals surface area contributed by atoms with E-state index in [1.807, 2.05) is 0 Å². The van der Waals surface area contributed by atoms with E-state index in [2.05, 4.69) is 20.8 Å². The number of nitrogens with one attached hydrogen (secondary N) is 2. The third kappa shape index (κ3) is 8.15. The van der Waals surface area contributed by atoms with Gasteiger partial charge in [0.2, 0.25) is 11.8 Å². The van der Waals surface area contributed by atoms with Crippen LogP contribution in [0.1, 0.15) is 31.7 Å². The van der Waals surface area contributed by atoms with E-state index in [0.717, 1.165) is 0 Å². The van der Waals surface area contributed by atoms with E-state index in [4.69, 9.17) is 9.26 Å². The number of aromatic nitrogens is 2. The van der Waals surface area contributed by atoms with Gasteiger partial charge in [-0.1, -0.05) is 19.0 Å². The summed E-state index contributed by atoms with van der Waals surface area (Å²) in [4.78, 5) is 55.4. The van der Waals surface area contributed by atoms with Crippen molar-refractivity contribution in [3.8, 4) is 17.2 Å². The molecule has 0 aliphatic rings. The highest BCUT2D eigenvalue weighted by Gasteiger charge is 2.30. The Morgan fingerprint density at radius 3 is 2.39 bits per heavy atom. The number of Topliss-reactive ketones (excluding diaryl/α,β-unsaturated/α-hetero) is 1. The van der Waals surface area contributed by atoms with Gasteiger partial charge in [0.05, 0.1) is 32.5 Å². The number of ether oxygens (including phenoxy) is 1. The molecule has 0 spiro atoms. The Morgan fingerprint density at radius 2 is 1.86 bits per heavy atom. The van der Waals surface area contributed by atoms with Crippen LogP contribution in [0.5, 0.6) is 5.75 Å². The molecule has 12 heteroatoms. The van der Waals surface area contributed by atoms with Gasteiger partial charge >= 0.3 is 5.97 Å². The normalized spacial score (nSPS) is 12.8. The van der Waals surface area contributed by atoms with Gasteiger partial charge in [-0.25, -0.2) is 0 Å². The minimum Gasteiger partial charge on any atom is -0.496 e. The molecule has 0 aliphatic carbocycles. The highest BCUT2D eigenvalue weighted by atomic mass is 16.5. The lowest BCUT2D eigenvalue weighted by molar-refractivity contribution is -0.140. The van der Waals surface area contributed by atoms with Crippen LogP contribution in [0.2, 0.25) is 0 Å². The molecule has 2 amide bonds. The Labute approximate surface area is 209 Å². The first kappa shape index (κ1) is 28.4. The van der Waals surface area contributed by atoms with E-state index >= 15 is 0 Å². The van der Waals surface area contributed by atoms with E-state index in [-0.39, 0.29) is 18.9 Å². The van der Waals surface area contributed by atoms with Crippen LogP contribution in [0.15, 0.2) is 22.7 Å². The van der Waals surface area contributed by atoms with Crippen LogP contribution in [0.25, 0.3) is 11.5 Å². The maximum Gasteiger partial charge on any atom is 0.305 e. The zero-order valence-corrected chi connectivity index (χ0v) is 21.3. The number of aliphatic carboxylic acids is 1. The first-order valence-electron chi connectivity index (χ1n) is 11.4. The highest BCUT2D eigenvalue weighted by molar-refractivity contribution is 5.95. The minimum absolute atomic E-state index is 0.0351. The summed E-state index contributed by atoms with van der Waals surface area (Å²) in [6.45, 7) is 5.12. The number of hydrogen-bond acceptors (Lipinski definition) is 9. The SMILES string of the molecule is COc1ccc(-c2nc(C)no2)cc1CC(=O)N[C@H](C(=O)NC(CC(=O)O)C(=O)CN(C)C)C(C)C.